The maximum Gasteiger partial charge on any atom is 0.349 e. The predicted octanol–water partition coefficient (Wildman–Crippen LogP) is 4.44. The third kappa shape index (κ3) is 5.18. The molecule has 0 atom stereocenters. The molecule has 0 aliphatic heterocycles. The van der Waals surface area contributed by atoms with Crippen LogP contribution >= 0.6 is 11.6 Å². The van der Waals surface area contributed by atoms with Gasteiger partial charge in [-0.05, 0) is 54.8 Å². The van der Waals surface area contributed by atoms with Gasteiger partial charge in [0.25, 0.3) is 5.56 Å². The standard InChI is InChI=1S/C24H24ClN5O4/c1-6-15-10-16(30-24(32)28-22(31)20(12-26)29-30)11-18(25)21(15)34-17-7-8-19(14(4)9-17)27-23(33-5)13(2)3/h7-11,13H,6H2,1-5H3,(H,28,31,32). The lowest BCUT2D eigenvalue weighted by molar-refractivity contribution is 0.375. The molecule has 3 aromatic rings. The van der Waals surface area contributed by atoms with Crippen LogP contribution in [0, 0.1) is 24.2 Å². The Balaban J connectivity index is 2.00. The quantitative estimate of drug-likeness (QED) is 0.410. The number of aliphatic imine (C=N–C) groups is 1. The van der Waals surface area contributed by atoms with Gasteiger partial charge in [0, 0.05) is 5.92 Å². The summed E-state index contributed by atoms with van der Waals surface area (Å²) in [7, 11) is 1.60. The van der Waals surface area contributed by atoms with Gasteiger partial charge >= 0.3 is 5.69 Å². The fourth-order valence-corrected chi connectivity index (χ4v) is 3.52. The van der Waals surface area contributed by atoms with E-state index < -0.39 is 16.9 Å². The van der Waals surface area contributed by atoms with E-state index in [9.17, 15) is 9.59 Å². The summed E-state index contributed by atoms with van der Waals surface area (Å²) in [5.41, 5.74) is 0.620. The van der Waals surface area contributed by atoms with Crippen LogP contribution in [0.4, 0.5) is 5.69 Å². The Morgan fingerprint density at radius 3 is 2.62 bits per heavy atom. The van der Waals surface area contributed by atoms with Crippen molar-refractivity contribution in [1.82, 2.24) is 14.8 Å². The molecule has 3 rings (SSSR count). The molecule has 10 heteroatoms. The zero-order valence-corrected chi connectivity index (χ0v) is 20.2. The van der Waals surface area contributed by atoms with Crippen LogP contribution in [0.3, 0.4) is 0 Å². The van der Waals surface area contributed by atoms with Crippen LogP contribution in [0.15, 0.2) is 44.9 Å². The first-order valence-corrected chi connectivity index (χ1v) is 10.9. The van der Waals surface area contributed by atoms with Gasteiger partial charge in [-0.15, -0.1) is 5.10 Å². The highest BCUT2D eigenvalue weighted by Gasteiger charge is 2.16. The summed E-state index contributed by atoms with van der Waals surface area (Å²) >= 11 is 6.52. The van der Waals surface area contributed by atoms with Crippen molar-refractivity contribution >= 4 is 23.2 Å². The maximum atomic E-state index is 12.2. The smallest absolute Gasteiger partial charge is 0.349 e. The average molecular weight is 482 g/mol. The Bertz CT molecular complexity index is 1420. The van der Waals surface area contributed by atoms with Crippen molar-refractivity contribution in [3.05, 3.63) is 73.0 Å². The van der Waals surface area contributed by atoms with E-state index in [4.69, 9.17) is 26.3 Å². The lowest BCUT2D eigenvalue weighted by atomic mass is 10.1. The third-order valence-electron chi connectivity index (χ3n) is 4.99. The van der Waals surface area contributed by atoms with Gasteiger partial charge in [-0.1, -0.05) is 32.4 Å². The minimum atomic E-state index is -0.848. The van der Waals surface area contributed by atoms with E-state index in [2.05, 4.69) is 15.1 Å². The summed E-state index contributed by atoms with van der Waals surface area (Å²) in [6, 6.07) is 10.3. The third-order valence-corrected chi connectivity index (χ3v) is 5.27. The van der Waals surface area contributed by atoms with Crippen molar-refractivity contribution in [3.63, 3.8) is 0 Å². The number of rotatable bonds is 6. The average Bonchev–Trinajstić information content (AvgIpc) is 2.79. The van der Waals surface area contributed by atoms with Gasteiger partial charge in [-0.2, -0.15) is 9.94 Å². The highest BCUT2D eigenvalue weighted by Crippen LogP contribution is 2.36. The number of nitrogens with zero attached hydrogens (tertiary/aromatic N) is 4. The van der Waals surface area contributed by atoms with Crippen LogP contribution in [0.2, 0.25) is 5.02 Å². The molecule has 0 radical (unpaired) electrons. The van der Waals surface area contributed by atoms with E-state index in [1.807, 2.05) is 39.8 Å². The molecule has 1 N–H and O–H groups in total. The number of aromatic amines is 1. The summed E-state index contributed by atoms with van der Waals surface area (Å²) in [4.78, 5) is 30.5. The van der Waals surface area contributed by atoms with E-state index in [0.29, 0.717) is 35.1 Å². The normalized spacial score (nSPS) is 11.4. The first-order valence-electron chi connectivity index (χ1n) is 10.6. The van der Waals surface area contributed by atoms with Crippen molar-refractivity contribution in [3.8, 4) is 23.3 Å². The van der Waals surface area contributed by atoms with E-state index in [1.54, 1.807) is 25.3 Å². The van der Waals surface area contributed by atoms with Gasteiger partial charge in [0.15, 0.2) is 5.90 Å². The number of ether oxygens (including phenoxy) is 2. The number of nitrogens with one attached hydrogen (secondary N) is 1. The predicted molar refractivity (Wildman–Crippen MR) is 130 cm³/mol. The second-order valence-electron chi connectivity index (χ2n) is 7.76. The molecule has 0 fully saturated rings. The van der Waals surface area contributed by atoms with Gasteiger partial charge < -0.3 is 9.47 Å². The van der Waals surface area contributed by atoms with E-state index in [-0.39, 0.29) is 10.9 Å². The summed E-state index contributed by atoms with van der Waals surface area (Å²) in [6.45, 7) is 7.84. The van der Waals surface area contributed by atoms with Crippen molar-refractivity contribution < 1.29 is 9.47 Å². The number of nitriles is 1. The Morgan fingerprint density at radius 2 is 2.03 bits per heavy atom. The first kappa shape index (κ1) is 24.7. The van der Waals surface area contributed by atoms with Crippen LogP contribution in [-0.2, 0) is 11.2 Å². The molecule has 9 nitrogen and oxygen atoms in total. The molecule has 2 aromatic carbocycles. The van der Waals surface area contributed by atoms with Crippen molar-refractivity contribution in [1.29, 1.82) is 5.26 Å². The molecule has 0 saturated carbocycles. The SMILES string of the molecule is CCc1cc(-n2nc(C#N)c(=O)[nH]c2=O)cc(Cl)c1Oc1ccc(N=C(OC)C(C)C)c(C)c1. The van der Waals surface area contributed by atoms with Crippen molar-refractivity contribution in [2.24, 2.45) is 10.9 Å². The molecule has 1 aromatic heterocycles. The lowest BCUT2D eigenvalue weighted by Gasteiger charge is -2.15. The number of aromatic nitrogens is 3. The lowest BCUT2D eigenvalue weighted by Crippen LogP contribution is -2.33. The summed E-state index contributed by atoms with van der Waals surface area (Å²) in [5, 5.41) is 13.1. The van der Waals surface area contributed by atoms with Crippen LogP contribution in [0.1, 0.15) is 37.6 Å². The molecular weight excluding hydrogens is 458 g/mol. The number of halogens is 1. The molecule has 0 aliphatic rings. The zero-order valence-electron chi connectivity index (χ0n) is 19.5. The van der Waals surface area contributed by atoms with Gasteiger partial charge in [-0.3, -0.25) is 9.78 Å². The zero-order chi connectivity index (χ0) is 25.0. The Hall–Kier alpha value is -3.90. The van der Waals surface area contributed by atoms with Crippen LogP contribution in [-0.4, -0.2) is 27.8 Å². The Labute approximate surface area is 201 Å². The van der Waals surface area contributed by atoms with E-state index >= 15 is 0 Å². The van der Waals surface area contributed by atoms with Crippen molar-refractivity contribution in [2.45, 2.75) is 34.1 Å². The summed E-state index contributed by atoms with van der Waals surface area (Å²) in [5.74, 6) is 1.78. The molecule has 1 heterocycles. The Kier molecular flexibility index (Phi) is 7.54. The monoisotopic (exact) mass is 481 g/mol. The molecule has 0 spiro atoms. The van der Waals surface area contributed by atoms with Crippen molar-refractivity contribution in [2.75, 3.05) is 7.11 Å². The van der Waals surface area contributed by atoms with Gasteiger partial charge in [0.1, 0.15) is 17.6 Å². The van der Waals surface area contributed by atoms with Crippen LogP contribution in [0.25, 0.3) is 5.69 Å². The minimum Gasteiger partial charge on any atom is -0.484 e. The Morgan fingerprint density at radius 1 is 1.29 bits per heavy atom. The highest BCUT2D eigenvalue weighted by atomic mass is 35.5. The molecule has 0 aliphatic carbocycles. The second kappa shape index (κ2) is 10.4. The number of aryl methyl sites for hydroxylation is 2. The number of hydrogen-bond acceptors (Lipinski definition) is 7. The minimum absolute atomic E-state index is 0.151. The van der Waals surface area contributed by atoms with Gasteiger partial charge in [-0.25, -0.2) is 9.79 Å². The van der Waals surface area contributed by atoms with E-state index in [0.717, 1.165) is 15.9 Å². The molecule has 0 unspecified atom stereocenters. The molecular formula is C24H24ClN5O4. The second-order valence-corrected chi connectivity index (χ2v) is 8.17. The van der Waals surface area contributed by atoms with E-state index in [1.165, 1.54) is 6.07 Å². The molecule has 176 valence electrons. The fourth-order valence-electron chi connectivity index (χ4n) is 3.25. The number of methoxy groups -OCH3 is 1. The maximum absolute atomic E-state index is 12.2. The first-order chi connectivity index (χ1) is 16.2. The molecule has 0 amide bonds. The largest absolute Gasteiger partial charge is 0.484 e. The number of benzene rings is 2. The fraction of sp³-hybridized carbons (Fsp3) is 0.292. The molecule has 0 saturated heterocycles. The number of H-pyrrole nitrogens is 1. The number of hydrogen-bond donors (Lipinski definition) is 1. The summed E-state index contributed by atoms with van der Waals surface area (Å²) in [6.07, 6.45) is 0.541. The summed E-state index contributed by atoms with van der Waals surface area (Å²) < 4.78 is 12.4. The van der Waals surface area contributed by atoms with Gasteiger partial charge in [0.05, 0.1) is 23.5 Å². The van der Waals surface area contributed by atoms with Crippen LogP contribution in [0.5, 0.6) is 11.5 Å². The molecule has 34 heavy (non-hydrogen) atoms. The molecule has 0 bridgehead atoms. The van der Waals surface area contributed by atoms with Gasteiger partial charge in [0.2, 0.25) is 5.69 Å². The van der Waals surface area contributed by atoms with Crippen LogP contribution < -0.4 is 16.0 Å². The topological polar surface area (TPSA) is 122 Å². The highest BCUT2D eigenvalue weighted by molar-refractivity contribution is 6.32.